The lowest BCUT2D eigenvalue weighted by molar-refractivity contribution is 0.594. The average molecular weight is 207 g/mol. The third-order valence-electron chi connectivity index (χ3n) is 2.83. The molecule has 1 unspecified atom stereocenters. The molecule has 1 aliphatic rings. The Labute approximate surface area is 91.7 Å². The summed E-state index contributed by atoms with van der Waals surface area (Å²) in [6.45, 7) is 5.27. The monoisotopic (exact) mass is 207 g/mol. The van der Waals surface area contributed by atoms with Crippen LogP contribution in [0, 0.1) is 0 Å². The van der Waals surface area contributed by atoms with Crippen molar-refractivity contribution in [3.63, 3.8) is 0 Å². The van der Waals surface area contributed by atoms with E-state index in [9.17, 15) is 0 Å². The summed E-state index contributed by atoms with van der Waals surface area (Å²) in [6.07, 6.45) is 6.93. The molecule has 0 aliphatic heterocycles. The van der Waals surface area contributed by atoms with Crippen molar-refractivity contribution in [3.8, 4) is 0 Å². The van der Waals surface area contributed by atoms with Crippen molar-refractivity contribution < 1.29 is 0 Å². The lowest BCUT2D eigenvalue weighted by Crippen LogP contribution is -2.18. The molecule has 1 atom stereocenters. The van der Waals surface area contributed by atoms with Gasteiger partial charge in [-0.2, -0.15) is 5.10 Å². The second-order valence-corrected chi connectivity index (χ2v) is 4.76. The van der Waals surface area contributed by atoms with Crippen molar-refractivity contribution in [2.45, 2.75) is 58.0 Å². The number of rotatable bonds is 5. The first-order chi connectivity index (χ1) is 7.20. The van der Waals surface area contributed by atoms with Gasteiger partial charge in [0.05, 0.1) is 5.69 Å². The Morgan fingerprint density at radius 2 is 2.33 bits per heavy atom. The fraction of sp³-hybridized carbons (Fsp3) is 0.750. The predicted octanol–water partition coefficient (Wildman–Crippen LogP) is 2.06. The zero-order valence-electron chi connectivity index (χ0n) is 9.74. The molecule has 1 aromatic rings. The zero-order chi connectivity index (χ0) is 10.8. The Morgan fingerprint density at radius 1 is 1.60 bits per heavy atom. The minimum absolute atomic E-state index is 0.238. The third-order valence-corrected chi connectivity index (χ3v) is 2.83. The Kier molecular flexibility index (Phi) is 3.10. The van der Waals surface area contributed by atoms with Crippen LogP contribution in [-0.2, 0) is 13.0 Å². The molecule has 0 spiro atoms. The quantitative estimate of drug-likeness (QED) is 0.803. The van der Waals surface area contributed by atoms with Crippen LogP contribution >= 0.6 is 0 Å². The van der Waals surface area contributed by atoms with E-state index in [0.29, 0.717) is 0 Å². The summed E-state index contributed by atoms with van der Waals surface area (Å²) < 4.78 is 2.09. The fourth-order valence-electron chi connectivity index (χ4n) is 2.03. The number of aromatic nitrogens is 2. The molecule has 1 heterocycles. The molecule has 0 saturated heterocycles. The summed E-state index contributed by atoms with van der Waals surface area (Å²) in [6, 6.07) is 0.238. The maximum Gasteiger partial charge on any atom is 0.0688 e. The van der Waals surface area contributed by atoms with Crippen LogP contribution in [0.2, 0.25) is 0 Å². The van der Waals surface area contributed by atoms with E-state index in [-0.39, 0.29) is 6.04 Å². The lowest BCUT2D eigenvalue weighted by Gasteiger charge is -2.03. The average Bonchev–Trinajstić information content (AvgIpc) is 2.91. The van der Waals surface area contributed by atoms with E-state index in [0.717, 1.165) is 25.3 Å². The predicted molar refractivity (Wildman–Crippen MR) is 61.8 cm³/mol. The molecule has 0 bridgehead atoms. The van der Waals surface area contributed by atoms with Crippen molar-refractivity contribution in [2.24, 2.45) is 5.73 Å². The highest BCUT2D eigenvalue weighted by Crippen LogP contribution is 2.40. The molecule has 1 aliphatic carbocycles. The van der Waals surface area contributed by atoms with Gasteiger partial charge in [0, 0.05) is 24.7 Å². The van der Waals surface area contributed by atoms with E-state index >= 15 is 0 Å². The Bertz CT molecular complexity index is 324. The minimum Gasteiger partial charge on any atom is -0.328 e. The summed E-state index contributed by atoms with van der Waals surface area (Å²) >= 11 is 0. The summed E-state index contributed by atoms with van der Waals surface area (Å²) in [5.41, 5.74) is 8.56. The van der Waals surface area contributed by atoms with E-state index in [4.69, 9.17) is 5.73 Å². The van der Waals surface area contributed by atoms with Gasteiger partial charge in [-0.3, -0.25) is 4.68 Å². The van der Waals surface area contributed by atoms with Crippen molar-refractivity contribution in [1.29, 1.82) is 0 Å². The van der Waals surface area contributed by atoms with Gasteiger partial charge in [0.15, 0.2) is 0 Å². The van der Waals surface area contributed by atoms with Crippen molar-refractivity contribution in [3.05, 3.63) is 17.5 Å². The van der Waals surface area contributed by atoms with Gasteiger partial charge in [0.1, 0.15) is 0 Å². The molecule has 2 N–H and O–H groups in total. The maximum absolute atomic E-state index is 5.86. The van der Waals surface area contributed by atoms with Gasteiger partial charge in [-0.15, -0.1) is 0 Å². The molecule has 3 nitrogen and oxygen atoms in total. The molecular weight excluding hydrogens is 186 g/mol. The highest BCUT2D eigenvalue weighted by molar-refractivity contribution is 5.25. The molecule has 0 amide bonds. The highest BCUT2D eigenvalue weighted by atomic mass is 15.3. The molecule has 84 valence electrons. The van der Waals surface area contributed by atoms with Gasteiger partial charge in [0.25, 0.3) is 0 Å². The van der Waals surface area contributed by atoms with E-state index in [1.807, 2.05) is 0 Å². The molecular formula is C12H21N3. The number of nitrogens with zero attached hydrogens (tertiary/aromatic N) is 2. The van der Waals surface area contributed by atoms with Gasteiger partial charge in [0.2, 0.25) is 0 Å². The van der Waals surface area contributed by atoms with E-state index in [1.54, 1.807) is 0 Å². The van der Waals surface area contributed by atoms with Crippen LogP contribution < -0.4 is 5.73 Å². The summed E-state index contributed by atoms with van der Waals surface area (Å²) in [7, 11) is 0. The Balaban J connectivity index is 2.16. The van der Waals surface area contributed by atoms with Gasteiger partial charge >= 0.3 is 0 Å². The molecule has 1 saturated carbocycles. The number of hydrogen-bond donors (Lipinski definition) is 1. The highest BCUT2D eigenvalue weighted by Gasteiger charge is 2.29. The molecule has 1 aromatic heterocycles. The Hall–Kier alpha value is -0.830. The van der Waals surface area contributed by atoms with Gasteiger partial charge < -0.3 is 5.73 Å². The minimum atomic E-state index is 0.238. The number of aryl methyl sites for hydroxylation is 1. The Morgan fingerprint density at radius 3 is 2.87 bits per heavy atom. The van der Waals surface area contributed by atoms with Crippen LogP contribution in [0.15, 0.2) is 6.20 Å². The van der Waals surface area contributed by atoms with Gasteiger partial charge in [-0.25, -0.2) is 0 Å². The van der Waals surface area contributed by atoms with Crippen LogP contribution in [0.25, 0.3) is 0 Å². The standard InChI is InChI=1S/C12H21N3/c1-3-6-15-8-11(7-9(2)13)12(14-15)10-4-5-10/h8-10H,3-7,13H2,1-2H3. The second-order valence-electron chi connectivity index (χ2n) is 4.76. The fourth-order valence-corrected chi connectivity index (χ4v) is 2.03. The zero-order valence-corrected chi connectivity index (χ0v) is 9.74. The first kappa shape index (κ1) is 10.7. The lowest BCUT2D eigenvalue weighted by atomic mass is 10.1. The topological polar surface area (TPSA) is 43.8 Å². The largest absolute Gasteiger partial charge is 0.328 e. The van der Waals surface area contributed by atoms with Crippen LogP contribution in [0.3, 0.4) is 0 Å². The van der Waals surface area contributed by atoms with Gasteiger partial charge in [-0.1, -0.05) is 6.92 Å². The molecule has 3 heteroatoms. The maximum atomic E-state index is 5.86. The van der Waals surface area contributed by atoms with Crippen LogP contribution in [0.5, 0.6) is 0 Å². The summed E-state index contributed by atoms with van der Waals surface area (Å²) in [5.74, 6) is 0.733. The van der Waals surface area contributed by atoms with Gasteiger partial charge in [-0.05, 0) is 38.2 Å². The van der Waals surface area contributed by atoms with Crippen LogP contribution in [-0.4, -0.2) is 15.8 Å². The van der Waals surface area contributed by atoms with E-state index in [1.165, 1.54) is 24.1 Å². The second kappa shape index (κ2) is 4.35. The molecule has 0 radical (unpaired) electrons. The number of hydrogen-bond acceptors (Lipinski definition) is 2. The molecule has 15 heavy (non-hydrogen) atoms. The smallest absolute Gasteiger partial charge is 0.0688 e. The molecule has 1 fully saturated rings. The molecule has 2 rings (SSSR count). The first-order valence-electron chi connectivity index (χ1n) is 6.02. The van der Waals surface area contributed by atoms with Crippen molar-refractivity contribution in [2.75, 3.05) is 0 Å². The normalized spacial score (nSPS) is 18.1. The van der Waals surface area contributed by atoms with Crippen LogP contribution in [0.1, 0.15) is 50.3 Å². The summed E-state index contributed by atoms with van der Waals surface area (Å²) in [4.78, 5) is 0. The van der Waals surface area contributed by atoms with E-state index in [2.05, 4.69) is 29.8 Å². The SMILES string of the molecule is CCCn1cc(CC(C)N)c(C2CC2)n1. The third kappa shape index (κ3) is 2.59. The van der Waals surface area contributed by atoms with Crippen molar-refractivity contribution in [1.82, 2.24) is 9.78 Å². The number of nitrogens with two attached hydrogens (primary N) is 1. The first-order valence-corrected chi connectivity index (χ1v) is 6.02. The molecule has 0 aromatic carbocycles. The summed E-state index contributed by atoms with van der Waals surface area (Å²) in [5, 5.41) is 4.68. The van der Waals surface area contributed by atoms with Crippen molar-refractivity contribution >= 4 is 0 Å². The van der Waals surface area contributed by atoms with E-state index < -0.39 is 0 Å². The van der Waals surface area contributed by atoms with Crippen LogP contribution in [0.4, 0.5) is 0 Å².